The number of carbonyl (C=O) groups excluding carboxylic acids is 1. The van der Waals surface area contributed by atoms with Crippen molar-refractivity contribution in [2.24, 2.45) is 0 Å². The van der Waals surface area contributed by atoms with Crippen molar-refractivity contribution in [1.29, 1.82) is 0 Å². The molecule has 0 amide bonds. The van der Waals surface area contributed by atoms with Crippen LogP contribution in [0.4, 0.5) is 11.4 Å². The van der Waals surface area contributed by atoms with Crippen LogP contribution in [-0.2, 0) is 11.3 Å². The highest BCUT2D eigenvalue weighted by Gasteiger charge is 2.23. The van der Waals surface area contributed by atoms with E-state index in [-0.39, 0.29) is 28.4 Å². The molecule has 0 fully saturated rings. The molecule has 0 atom stereocenters. The molecular weight excluding hydrogens is 328 g/mol. The highest BCUT2D eigenvalue weighted by molar-refractivity contribution is 6.31. The number of ether oxygens (including phenoxy) is 1. The number of carbonyl (C=O) groups is 1. The minimum atomic E-state index is -0.989. The van der Waals surface area contributed by atoms with Crippen molar-refractivity contribution < 1.29 is 19.4 Å². The maximum atomic E-state index is 12.0. The number of nitrogens with zero attached hydrogens (tertiary/aromatic N) is 2. The highest BCUT2D eigenvalue weighted by atomic mass is 35.5. The summed E-state index contributed by atoms with van der Waals surface area (Å²) in [5.41, 5.74) is -0.806. The summed E-state index contributed by atoms with van der Waals surface area (Å²) in [6, 6.07) is 9.20. The predicted molar refractivity (Wildman–Crippen MR) is 80.3 cm³/mol. The first-order chi connectivity index (χ1) is 10.9. The van der Waals surface area contributed by atoms with Gasteiger partial charge in [0.05, 0.1) is 15.4 Å². The SMILES string of the molecule is O=C(OCc1ccccc1[N+](=O)[O-])c1cc(Cl)ccc1[N+](=O)[O-]. The molecule has 0 aliphatic rings. The second kappa shape index (κ2) is 6.84. The van der Waals surface area contributed by atoms with Crippen LogP contribution in [0, 0.1) is 20.2 Å². The zero-order valence-electron chi connectivity index (χ0n) is 11.5. The Labute approximate surface area is 134 Å². The fourth-order valence-electron chi connectivity index (χ4n) is 1.86. The van der Waals surface area contributed by atoms with Crippen LogP contribution in [-0.4, -0.2) is 15.8 Å². The molecule has 0 aliphatic heterocycles. The molecule has 0 radical (unpaired) electrons. The van der Waals surface area contributed by atoms with Gasteiger partial charge in [0.1, 0.15) is 12.2 Å². The summed E-state index contributed by atoms with van der Waals surface area (Å²) in [5.74, 6) is -0.989. The van der Waals surface area contributed by atoms with E-state index < -0.39 is 21.5 Å². The fraction of sp³-hybridized carbons (Fsp3) is 0.0714. The second-order valence-corrected chi connectivity index (χ2v) is 4.82. The van der Waals surface area contributed by atoms with Gasteiger partial charge >= 0.3 is 5.97 Å². The van der Waals surface area contributed by atoms with E-state index in [9.17, 15) is 25.0 Å². The van der Waals surface area contributed by atoms with Gasteiger partial charge in [-0.1, -0.05) is 23.7 Å². The van der Waals surface area contributed by atoms with Gasteiger partial charge in [0.2, 0.25) is 0 Å². The molecule has 0 saturated carbocycles. The molecule has 0 aliphatic carbocycles. The van der Waals surface area contributed by atoms with E-state index in [1.54, 1.807) is 6.07 Å². The van der Waals surface area contributed by atoms with Crippen molar-refractivity contribution in [2.45, 2.75) is 6.61 Å². The molecule has 0 N–H and O–H groups in total. The molecule has 0 bridgehead atoms. The van der Waals surface area contributed by atoms with Crippen molar-refractivity contribution in [3.8, 4) is 0 Å². The number of hydrogen-bond donors (Lipinski definition) is 0. The van der Waals surface area contributed by atoms with Crippen LogP contribution in [0.2, 0.25) is 5.02 Å². The normalized spacial score (nSPS) is 10.1. The number of benzene rings is 2. The van der Waals surface area contributed by atoms with E-state index in [2.05, 4.69) is 0 Å². The summed E-state index contributed by atoms with van der Waals surface area (Å²) in [6.07, 6.45) is 0. The monoisotopic (exact) mass is 336 g/mol. The summed E-state index contributed by atoms with van der Waals surface area (Å²) < 4.78 is 4.94. The lowest BCUT2D eigenvalue weighted by molar-refractivity contribution is -0.385. The summed E-state index contributed by atoms with van der Waals surface area (Å²) in [5, 5.41) is 21.9. The number of nitro benzene ring substituents is 2. The lowest BCUT2D eigenvalue weighted by Gasteiger charge is -2.06. The Bertz CT molecular complexity index is 793. The number of esters is 1. The van der Waals surface area contributed by atoms with Crippen molar-refractivity contribution in [3.05, 3.63) is 78.8 Å². The molecule has 0 heterocycles. The quantitative estimate of drug-likeness (QED) is 0.469. The van der Waals surface area contributed by atoms with Crippen LogP contribution >= 0.6 is 11.6 Å². The lowest BCUT2D eigenvalue weighted by Crippen LogP contribution is -2.09. The average molecular weight is 337 g/mol. The lowest BCUT2D eigenvalue weighted by atomic mass is 10.1. The molecule has 0 spiro atoms. The van der Waals surface area contributed by atoms with Gasteiger partial charge in [-0.05, 0) is 18.2 Å². The largest absolute Gasteiger partial charge is 0.457 e. The molecule has 0 aromatic heterocycles. The third-order valence-electron chi connectivity index (χ3n) is 2.92. The van der Waals surface area contributed by atoms with E-state index in [0.717, 1.165) is 12.1 Å². The molecule has 2 rings (SSSR count). The number of nitro groups is 2. The Kier molecular flexibility index (Phi) is 4.87. The van der Waals surface area contributed by atoms with E-state index in [4.69, 9.17) is 16.3 Å². The van der Waals surface area contributed by atoms with Gasteiger partial charge in [-0.25, -0.2) is 4.79 Å². The molecule has 2 aromatic rings. The van der Waals surface area contributed by atoms with Crippen LogP contribution in [0.3, 0.4) is 0 Å². The van der Waals surface area contributed by atoms with Crippen LogP contribution < -0.4 is 0 Å². The Hall–Kier alpha value is -3.00. The second-order valence-electron chi connectivity index (χ2n) is 4.38. The molecule has 118 valence electrons. The van der Waals surface area contributed by atoms with Gasteiger partial charge in [-0.15, -0.1) is 0 Å². The van der Waals surface area contributed by atoms with Crippen molar-refractivity contribution in [1.82, 2.24) is 0 Å². The van der Waals surface area contributed by atoms with Gasteiger partial charge in [-0.3, -0.25) is 20.2 Å². The van der Waals surface area contributed by atoms with Crippen molar-refractivity contribution >= 4 is 28.9 Å². The Balaban J connectivity index is 2.23. The third-order valence-corrected chi connectivity index (χ3v) is 3.16. The Morgan fingerprint density at radius 3 is 2.35 bits per heavy atom. The summed E-state index contributed by atoms with van der Waals surface area (Å²) in [7, 11) is 0. The molecule has 2 aromatic carbocycles. The molecule has 0 saturated heterocycles. The van der Waals surface area contributed by atoms with Gasteiger partial charge in [-0.2, -0.15) is 0 Å². The zero-order chi connectivity index (χ0) is 17.0. The first-order valence-corrected chi connectivity index (χ1v) is 6.61. The minimum absolute atomic E-state index is 0.133. The van der Waals surface area contributed by atoms with Gasteiger partial charge in [0.15, 0.2) is 0 Å². The van der Waals surface area contributed by atoms with Crippen LogP contribution in [0.25, 0.3) is 0 Å². The smallest absolute Gasteiger partial charge is 0.345 e. The molecule has 8 nitrogen and oxygen atoms in total. The molecule has 9 heteroatoms. The van der Waals surface area contributed by atoms with Crippen LogP contribution in [0.5, 0.6) is 0 Å². The van der Waals surface area contributed by atoms with E-state index >= 15 is 0 Å². The highest BCUT2D eigenvalue weighted by Crippen LogP contribution is 2.25. The number of rotatable bonds is 5. The minimum Gasteiger partial charge on any atom is -0.457 e. The fourth-order valence-corrected chi connectivity index (χ4v) is 2.04. The van der Waals surface area contributed by atoms with Gasteiger partial charge < -0.3 is 4.74 Å². The first-order valence-electron chi connectivity index (χ1n) is 6.23. The number of hydrogen-bond acceptors (Lipinski definition) is 6. The van der Waals surface area contributed by atoms with Crippen molar-refractivity contribution in [3.63, 3.8) is 0 Å². The van der Waals surface area contributed by atoms with E-state index in [1.165, 1.54) is 24.3 Å². The standard InChI is InChI=1S/C14H9ClN2O6/c15-10-5-6-13(17(21)22)11(7-10)14(18)23-8-9-3-1-2-4-12(9)16(19)20/h1-7H,8H2. The number of halogens is 1. The summed E-state index contributed by atoms with van der Waals surface area (Å²) in [6.45, 7) is -0.389. The van der Waals surface area contributed by atoms with Crippen LogP contribution in [0.1, 0.15) is 15.9 Å². The predicted octanol–water partition coefficient (Wildman–Crippen LogP) is 3.51. The first kappa shape index (κ1) is 16.4. The molecular formula is C14H9ClN2O6. The zero-order valence-corrected chi connectivity index (χ0v) is 12.2. The Morgan fingerprint density at radius 1 is 1.04 bits per heavy atom. The number of para-hydroxylation sites is 1. The maximum absolute atomic E-state index is 12.0. The summed E-state index contributed by atoms with van der Waals surface area (Å²) in [4.78, 5) is 32.5. The summed E-state index contributed by atoms with van der Waals surface area (Å²) >= 11 is 5.73. The van der Waals surface area contributed by atoms with Gasteiger partial charge in [0, 0.05) is 17.2 Å². The van der Waals surface area contributed by atoms with Gasteiger partial charge in [0.25, 0.3) is 11.4 Å². The van der Waals surface area contributed by atoms with Crippen molar-refractivity contribution in [2.75, 3.05) is 0 Å². The van der Waals surface area contributed by atoms with E-state index in [1.807, 2.05) is 0 Å². The molecule has 0 unspecified atom stereocenters. The topological polar surface area (TPSA) is 113 Å². The van der Waals surface area contributed by atoms with Crippen LogP contribution in [0.15, 0.2) is 42.5 Å². The third kappa shape index (κ3) is 3.80. The molecule has 23 heavy (non-hydrogen) atoms. The maximum Gasteiger partial charge on any atom is 0.345 e. The van der Waals surface area contributed by atoms with E-state index in [0.29, 0.717) is 0 Å². The average Bonchev–Trinajstić information content (AvgIpc) is 2.52. The Morgan fingerprint density at radius 2 is 1.70 bits per heavy atom.